The number of amides is 1. The third kappa shape index (κ3) is 2.64. The monoisotopic (exact) mass is 351 g/mol. The van der Waals surface area contributed by atoms with Crippen LogP contribution in [0.2, 0.25) is 0 Å². The van der Waals surface area contributed by atoms with Crippen LogP contribution in [0.15, 0.2) is 73.4 Å². The number of carbonyl (C=O) groups excluding carboxylic acids is 1. The van der Waals surface area contributed by atoms with E-state index in [9.17, 15) is 4.79 Å². The van der Waals surface area contributed by atoms with E-state index in [0.29, 0.717) is 28.0 Å². The second-order valence-corrected chi connectivity index (χ2v) is 6.16. The Labute approximate surface area is 154 Å². The number of carbonyl (C=O) groups is 1. The Balaban J connectivity index is 1.59. The van der Waals surface area contributed by atoms with Crippen LogP contribution >= 0.6 is 0 Å². The van der Waals surface area contributed by atoms with Crippen molar-refractivity contribution in [2.45, 2.75) is 0 Å². The van der Waals surface area contributed by atoms with E-state index in [0.717, 1.165) is 16.3 Å². The number of nitrogens with zero attached hydrogens (tertiary/aromatic N) is 4. The van der Waals surface area contributed by atoms with Crippen LogP contribution in [0.1, 0.15) is 10.4 Å². The van der Waals surface area contributed by atoms with Crippen LogP contribution in [0.25, 0.3) is 33.1 Å². The fourth-order valence-corrected chi connectivity index (χ4v) is 3.20. The number of para-hydroxylation sites is 1. The van der Waals surface area contributed by atoms with Gasteiger partial charge >= 0.3 is 0 Å². The van der Waals surface area contributed by atoms with Crippen molar-refractivity contribution in [3.8, 4) is 11.3 Å². The van der Waals surface area contributed by atoms with Gasteiger partial charge in [0.2, 0.25) is 0 Å². The molecule has 6 nitrogen and oxygen atoms in total. The molecule has 1 N–H and O–H groups in total. The molecular weight excluding hydrogens is 338 g/mol. The Bertz CT molecular complexity index is 1280. The Morgan fingerprint density at radius 2 is 1.74 bits per heavy atom. The van der Waals surface area contributed by atoms with Crippen molar-refractivity contribution >= 4 is 33.4 Å². The van der Waals surface area contributed by atoms with Gasteiger partial charge in [-0.25, -0.2) is 9.97 Å². The molecule has 0 unspecified atom stereocenters. The lowest BCUT2D eigenvalue weighted by molar-refractivity contribution is 0.102. The molecule has 1 amide bonds. The molecule has 5 rings (SSSR count). The lowest BCUT2D eigenvalue weighted by Gasteiger charge is -2.06. The minimum Gasteiger partial charge on any atom is -0.321 e. The summed E-state index contributed by atoms with van der Waals surface area (Å²) in [5.74, 6) is -0.249. The van der Waals surface area contributed by atoms with Crippen LogP contribution in [-0.2, 0) is 0 Å². The summed E-state index contributed by atoms with van der Waals surface area (Å²) in [6.07, 6.45) is 6.43. The number of benzene rings is 1. The predicted molar refractivity (Wildman–Crippen MR) is 104 cm³/mol. The molecule has 3 aromatic rings. The topological polar surface area (TPSA) is 80.7 Å². The largest absolute Gasteiger partial charge is 0.321 e. The van der Waals surface area contributed by atoms with Gasteiger partial charge in [-0.2, -0.15) is 0 Å². The lowest BCUT2D eigenvalue weighted by atomic mass is 10.1. The number of hydrogen-bond acceptors (Lipinski definition) is 5. The maximum Gasteiger partial charge on any atom is 0.258 e. The van der Waals surface area contributed by atoms with Crippen molar-refractivity contribution < 1.29 is 4.79 Å². The summed E-state index contributed by atoms with van der Waals surface area (Å²) < 4.78 is 0. The number of anilines is 1. The summed E-state index contributed by atoms with van der Waals surface area (Å²) in [6.45, 7) is 0. The zero-order chi connectivity index (χ0) is 18.2. The van der Waals surface area contributed by atoms with Gasteiger partial charge in [-0.15, -0.1) is 0 Å². The summed E-state index contributed by atoms with van der Waals surface area (Å²) in [5, 5.41) is 4.73. The van der Waals surface area contributed by atoms with Crippen molar-refractivity contribution in [1.82, 2.24) is 19.9 Å². The molecule has 128 valence electrons. The molecule has 27 heavy (non-hydrogen) atoms. The molecule has 0 saturated heterocycles. The fraction of sp³-hybridized carbons (Fsp3) is 0. The van der Waals surface area contributed by atoms with E-state index in [1.54, 1.807) is 18.6 Å². The molecule has 0 atom stereocenters. The SMILES string of the molecule is O=C(Nc1cnc2ccccc2c1)c1cnc2cccc3cncnc3c1-2. The molecule has 0 fully saturated rings. The Morgan fingerprint density at radius 1 is 0.852 bits per heavy atom. The van der Waals surface area contributed by atoms with Crippen molar-refractivity contribution in [3.05, 3.63) is 79.0 Å². The first-order valence-electron chi connectivity index (χ1n) is 8.43. The molecule has 0 saturated carbocycles. The molecule has 0 bridgehead atoms. The van der Waals surface area contributed by atoms with Gasteiger partial charge in [-0.1, -0.05) is 30.3 Å². The van der Waals surface area contributed by atoms with E-state index in [2.05, 4.69) is 25.3 Å². The van der Waals surface area contributed by atoms with E-state index in [1.807, 2.05) is 48.5 Å². The predicted octanol–water partition coefficient (Wildman–Crippen LogP) is 3.93. The quantitative estimate of drug-likeness (QED) is 0.521. The molecule has 1 aliphatic carbocycles. The summed E-state index contributed by atoms with van der Waals surface area (Å²) in [6, 6.07) is 15.3. The second-order valence-electron chi connectivity index (χ2n) is 6.16. The van der Waals surface area contributed by atoms with Crippen molar-refractivity contribution in [1.29, 1.82) is 0 Å². The molecule has 0 radical (unpaired) electrons. The van der Waals surface area contributed by atoms with Crippen LogP contribution in [-0.4, -0.2) is 25.8 Å². The first kappa shape index (κ1) is 15.3. The Kier molecular flexibility index (Phi) is 3.47. The van der Waals surface area contributed by atoms with Gasteiger partial charge < -0.3 is 5.32 Å². The van der Waals surface area contributed by atoms with Gasteiger partial charge in [0.1, 0.15) is 6.33 Å². The molecule has 6 heteroatoms. The summed E-state index contributed by atoms with van der Waals surface area (Å²) >= 11 is 0. The minimum absolute atomic E-state index is 0.249. The molecule has 3 heterocycles. The van der Waals surface area contributed by atoms with Crippen LogP contribution in [0.3, 0.4) is 0 Å². The third-order valence-corrected chi connectivity index (χ3v) is 4.46. The molecule has 0 spiro atoms. The Morgan fingerprint density at radius 3 is 2.70 bits per heavy atom. The van der Waals surface area contributed by atoms with Crippen molar-refractivity contribution in [2.75, 3.05) is 5.32 Å². The smallest absolute Gasteiger partial charge is 0.258 e. The summed E-state index contributed by atoms with van der Waals surface area (Å²) in [5.41, 5.74) is 4.11. The van der Waals surface area contributed by atoms with Gasteiger partial charge in [-0.05, 0) is 18.2 Å². The summed E-state index contributed by atoms with van der Waals surface area (Å²) in [7, 11) is 0. The van der Waals surface area contributed by atoms with E-state index in [4.69, 9.17) is 0 Å². The Hall–Kier alpha value is -3.93. The average Bonchev–Trinajstić information content (AvgIpc) is 3.03. The van der Waals surface area contributed by atoms with Crippen LogP contribution in [0.4, 0.5) is 5.69 Å². The number of pyridine rings is 1. The van der Waals surface area contributed by atoms with Crippen LogP contribution < -0.4 is 5.32 Å². The molecule has 1 aromatic carbocycles. The third-order valence-electron chi connectivity index (χ3n) is 4.46. The fourth-order valence-electron chi connectivity index (χ4n) is 3.20. The van der Waals surface area contributed by atoms with Crippen LogP contribution in [0, 0.1) is 0 Å². The molecule has 2 aliphatic rings. The van der Waals surface area contributed by atoms with E-state index in [1.165, 1.54) is 6.33 Å². The first-order valence-corrected chi connectivity index (χ1v) is 8.43. The first-order chi connectivity index (χ1) is 13.3. The number of rotatable bonds is 2. The highest BCUT2D eigenvalue weighted by Gasteiger charge is 2.20. The second kappa shape index (κ2) is 6.10. The minimum atomic E-state index is -0.249. The van der Waals surface area contributed by atoms with E-state index >= 15 is 0 Å². The number of hydrogen-bond donors (Lipinski definition) is 1. The van der Waals surface area contributed by atoms with E-state index in [-0.39, 0.29) is 5.91 Å². The van der Waals surface area contributed by atoms with Crippen LogP contribution in [0.5, 0.6) is 0 Å². The van der Waals surface area contributed by atoms with Crippen molar-refractivity contribution in [3.63, 3.8) is 0 Å². The van der Waals surface area contributed by atoms with Gasteiger partial charge in [0, 0.05) is 28.7 Å². The van der Waals surface area contributed by atoms with Crippen molar-refractivity contribution in [2.24, 2.45) is 0 Å². The molecular formula is C21H13N5O. The summed E-state index contributed by atoms with van der Waals surface area (Å²) in [4.78, 5) is 30.2. The number of fused-ring (bicyclic) bond motifs is 4. The van der Waals surface area contributed by atoms with E-state index < -0.39 is 0 Å². The maximum atomic E-state index is 12.9. The van der Waals surface area contributed by atoms with Gasteiger partial charge in [-0.3, -0.25) is 14.8 Å². The van der Waals surface area contributed by atoms with Gasteiger partial charge in [0.25, 0.3) is 5.91 Å². The standard InChI is InChI=1S/C21H13N5O/c27-21(26-15-8-13-4-1-2-6-17(13)23-10-15)16-11-24-18-7-3-5-14-9-22-12-25-20(14)19(16)18/h1-12H,(H,26,27). The number of aromatic nitrogens is 4. The molecule has 2 aromatic heterocycles. The highest BCUT2D eigenvalue weighted by molar-refractivity contribution is 6.13. The number of nitrogens with one attached hydrogen (secondary N) is 1. The normalized spacial score (nSPS) is 11.1. The lowest BCUT2D eigenvalue weighted by Crippen LogP contribution is -2.12. The highest BCUT2D eigenvalue weighted by Crippen LogP contribution is 2.31. The average molecular weight is 351 g/mol. The zero-order valence-electron chi connectivity index (χ0n) is 14.1. The molecule has 1 aliphatic heterocycles. The zero-order valence-corrected chi connectivity index (χ0v) is 14.1. The maximum absolute atomic E-state index is 12.9. The van der Waals surface area contributed by atoms with Gasteiger partial charge in [0.05, 0.1) is 34.2 Å². The van der Waals surface area contributed by atoms with Gasteiger partial charge in [0.15, 0.2) is 0 Å². The highest BCUT2D eigenvalue weighted by atomic mass is 16.1.